The first-order valence-corrected chi connectivity index (χ1v) is 10.7. The molecule has 1 atom stereocenters. The van der Waals surface area contributed by atoms with Gasteiger partial charge in [-0.1, -0.05) is 35.3 Å². The van der Waals surface area contributed by atoms with Crippen LogP contribution in [0.2, 0.25) is 10.0 Å². The molecule has 0 radical (unpaired) electrons. The molecule has 1 aliphatic rings. The maximum atomic E-state index is 12.8. The minimum absolute atomic E-state index is 0.102. The second kappa shape index (κ2) is 9.84. The fraction of sp³-hybridized carbons (Fsp3) is 0.455. The SMILES string of the molecule is Cc1c(C#N)c(NC(=O)CN(C)Cc2cccc(Cl)c2Cl)n(CC2CCCO2)c1C. The van der Waals surface area contributed by atoms with Gasteiger partial charge in [-0.15, -0.1) is 0 Å². The molecule has 1 aromatic carbocycles. The van der Waals surface area contributed by atoms with Crippen molar-refractivity contribution in [3.63, 3.8) is 0 Å². The molecule has 30 heavy (non-hydrogen) atoms. The molecule has 160 valence electrons. The second-order valence-corrected chi connectivity index (χ2v) is 8.51. The van der Waals surface area contributed by atoms with Gasteiger partial charge in [0.1, 0.15) is 11.9 Å². The summed E-state index contributed by atoms with van der Waals surface area (Å²) in [6.07, 6.45) is 2.12. The molecule has 2 heterocycles. The third-order valence-corrected chi connectivity index (χ3v) is 6.35. The zero-order valence-corrected chi connectivity index (χ0v) is 19.0. The summed E-state index contributed by atoms with van der Waals surface area (Å²) in [7, 11) is 1.84. The summed E-state index contributed by atoms with van der Waals surface area (Å²) in [4.78, 5) is 14.6. The highest BCUT2D eigenvalue weighted by molar-refractivity contribution is 6.42. The van der Waals surface area contributed by atoms with Gasteiger partial charge in [0.05, 0.1) is 34.8 Å². The van der Waals surface area contributed by atoms with Crippen molar-refractivity contribution in [3.8, 4) is 6.07 Å². The van der Waals surface area contributed by atoms with Crippen LogP contribution in [0.15, 0.2) is 18.2 Å². The molecule has 1 unspecified atom stereocenters. The molecule has 1 amide bonds. The highest BCUT2D eigenvalue weighted by Gasteiger charge is 2.24. The molecule has 2 aromatic rings. The Morgan fingerprint density at radius 2 is 2.17 bits per heavy atom. The fourth-order valence-electron chi connectivity index (χ4n) is 3.78. The molecule has 1 N–H and O–H groups in total. The van der Waals surface area contributed by atoms with E-state index in [9.17, 15) is 10.1 Å². The van der Waals surface area contributed by atoms with Crippen molar-refractivity contribution in [2.45, 2.75) is 45.9 Å². The van der Waals surface area contributed by atoms with E-state index >= 15 is 0 Å². The van der Waals surface area contributed by atoms with Gasteiger partial charge in [0, 0.05) is 18.8 Å². The highest BCUT2D eigenvalue weighted by Crippen LogP contribution is 2.29. The van der Waals surface area contributed by atoms with Crippen LogP contribution in [0.4, 0.5) is 5.82 Å². The average molecular weight is 449 g/mol. The van der Waals surface area contributed by atoms with Gasteiger partial charge < -0.3 is 14.6 Å². The van der Waals surface area contributed by atoms with Crippen LogP contribution >= 0.6 is 23.2 Å². The minimum Gasteiger partial charge on any atom is -0.376 e. The van der Waals surface area contributed by atoms with E-state index in [0.29, 0.717) is 34.5 Å². The molecule has 0 saturated carbocycles. The number of rotatable bonds is 7. The highest BCUT2D eigenvalue weighted by atomic mass is 35.5. The lowest BCUT2D eigenvalue weighted by Crippen LogP contribution is -2.31. The number of likely N-dealkylation sites (N-methyl/N-ethyl adjacent to an activating group) is 1. The lowest BCUT2D eigenvalue weighted by Gasteiger charge is -2.19. The van der Waals surface area contributed by atoms with E-state index < -0.39 is 0 Å². The normalized spacial score (nSPS) is 16.1. The minimum atomic E-state index is -0.196. The van der Waals surface area contributed by atoms with Crippen LogP contribution in [-0.2, 0) is 22.6 Å². The first-order valence-electron chi connectivity index (χ1n) is 9.94. The number of nitrogens with zero attached hydrogens (tertiary/aromatic N) is 3. The number of nitrogens with one attached hydrogen (secondary N) is 1. The Morgan fingerprint density at radius 1 is 1.40 bits per heavy atom. The maximum absolute atomic E-state index is 12.8. The Hall–Kier alpha value is -2.04. The topological polar surface area (TPSA) is 70.3 Å². The van der Waals surface area contributed by atoms with Crippen molar-refractivity contribution < 1.29 is 9.53 Å². The average Bonchev–Trinajstić information content (AvgIpc) is 3.28. The van der Waals surface area contributed by atoms with Crippen LogP contribution in [0.1, 0.15) is 35.2 Å². The molecule has 8 heteroatoms. The number of carbonyl (C=O) groups excluding carboxylic acids is 1. The van der Waals surface area contributed by atoms with Crippen molar-refractivity contribution in [2.24, 2.45) is 0 Å². The third-order valence-electron chi connectivity index (χ3n) is 5.49. The van der Waals surface area contributed by atoms with Crippen LogP contribution in [-0.4, -0.2) is 41.7 Å². The first kappa shape index (κ1) is 22.6. The van der Waals surface area contributed by atoms with Crippen molar-refractivity contribution in [2.75, 3.05) is 25.5 Å². The lowest BCUT2D eigenvalue weighted by atomic mass is 10.2. The second-order valence-electron chi connectivity index (χ2n) is 7.72. The quantitative estimate of drug-likeness (QED) is 0.674. The Kier molecular flexibility index (Phi) is 7.43. The van der Waals surface area contributed by atoms with Gasteiger partial charge in [-0.05, 0) is 50.9 Å². The van der Waals surface area contributed by atoms with Gasteiger partial charge >= 0.3 is 0 Å². The van der Waals surface area contributed by atoms with Crippen molar-refractivity contribution in [1.29, 1.82) is 5.26 Å². The molecule has 1 aromatic heterocycles. The standard InChI is InChI=1S/C22H26Cl2N4O2/c1-14-15(2)28(12-17-7-5-9-30-17)22(18(14)10-25)26-20(29)13-27(3)11-16-6-4-8-19(23)21(16)24/h4,6,8,17H,5,7,9,11-13H2,1-3H3,(H,26,29). The van der Waals surface area contributed by atoms with Gasteiger partial charge in [0.15, 0.2) is 0 Å². The number of carbonyl (C=O) groups is 1. The van der Waals surface area contributed by atoms with Crippen molar-refractivity contribution in [1.82, 2.24) is 9.47 Å². The first-order chi connectivity index (χ1) is 14.3. The van der Waals surface area contributed by atoms with E-state index in [-0.39, 0.29) is 18.6 Å². The number of benzene rings is 1. The van der Waals surface area contributed by atoms with E-state index in [1.807, 2.05) is 42.5 Å². The van der Waals surface area contributed by atoms with Gasteiger partial charge in [-0.3, -0.25) is 9.69 Å². The number of hydrogen-bond donors (Lipinski definition) is 1. The number of aromatic nitrogens is 1. The molecule has 0 bridgehead atoms. The van der Waals surface area contributed by atoms with Crippen molar-refractivity contribution in [3.05, 3.63) is 50.6 Å². The van der Waals surface area contributed by atoms with Crippen molar-refractivity contribution >= 4 is 34.9 Å². The van der Waals surface area contributed by atoms with Crippen LogP contribution < -0.4 is 5.32 Å². The summed E-state index contributed by atoms with van der Waals surface area (Å²) in [6.45, 7) is 5.88. The molecular formula is C22H26Cl2N4O2. The predicted octanol–water partition coefficient (Wildman–Crippen LogP) is 4.53. The Morgan fingerprint density at radius 3 is 2.83 bits per heavy atom. The summed E-state index contributed by atoms with van der Waals surface area (Å²) < 4.78 is 7.75. The molecule has 1 saturated heterocycles. The Bertz CT molecular complexity index is 974. The van der Waals surface area contributed by atoms with Gasteiger partial charge in [-0.25, -0.2) is 0 Å². The van der Waals surface area contributed by atoms with Crippen LogP contribution in [0, 0.1) is 25.2 Å². The molecule has 0 aliphatic carbocycles. The van der Waals surface area contributed by atoms with E-state index in [2.05, 4.69) is 11.4 Å². The zero-order valence-electron chi connectivity index (χ0n) is 17.5. The monoisotopic (exact) mass is 448 g/mol. The number of anilines is 1. The summed E-state index contributed by atoms with van der Waals surface area (Å²) in [6, 6.07) is 7.69. The van der Waals surface area contributed by atoms with Crippen LogP contribution in [0.3, 0.4) is 0 Å². The maximum Gasteiger partial charge on any atom is 0.239 e. The van der Waals surface area contributed by atoms with Gasteiger partial charge in [0.25, 0.3) is 0 Å². The van der Waals surface area contributed by atoms with Crippen LogP contribution in [0.5, 0.6) is 0 Å². The largest absolute Gasteiger partial charge is 0.376 e. The molecule has 3 rings (SSSR count). The van der Waals surface area contributed by atoms with E-state index in [0.717, 1.165) is 36.3 Å². The summed E-state index contributed by atoms with van der Waals surface area (Å²) in [5.41, 5.74) is 3.20. The lowest BCUT2D eigenvalue weighted by molar-refractivity contribution is -0.117. The van der Waals surface area contributed by atoms with E-state index in [4.69, 9.17) is 27.9 Å². The number of amides is 1. The van der Waals surface area contributed by atoms with E-state index in [1.54, 1.807) is 6.07 Å². The number of ether oxygens (including phenoxy) is 1. The molecular weight excluding hydrogens is 423 g/mol. The van der Waals surface area contributed by atoms with Gasteiger partial charge in [0.2, 0.25) is 5.91 Å². The zero-order chi connectivity index (χ0) is 21.8. The smallest absolute Gasteiger partial charge is 0.239 e. The summed E-state index contributed by atoms with van der Waals surface area (Å²) >= 11 is 12.3. The third kappa shape index (κ3) is 4.98. The summed E-state index contributed by atoms with van der Waals surface area (Å²) in [5.74, 6) is 0.348. The van der Waals surface area contributed by atoms with E-state index in [1.165, 1.54) is 0 Å². The molecule has 6 nitrogen and oxygen atoms in total. The molecule has 1 aliphatic heterocycles. The van der Waals surface area contributed by atoms with Gasteiger partial charge in [-0.2, -0.15) is 5.26 Å². The number of nitriles is 1. The number of hydrogen-bond acceptors (Lipinski definition) is 4. The molecule has 1 fully saturated rings. The van der Waals surface area contributed by atoms with Crippen LogP contribution in [0.25, 0.3) is 0 Å². The summed E-state index contributed by atoms with van der Waals surface area (Å²) in [5, 5.41) is 13.6. The Labute approximate surface area is 187 Å². The fourth-order valence-corrected chi connectivity index (χ4v) is 4.16. The number of halogens is 2. The predicted molar refractivity (Wildman–Crippen MR) is 119 cm³/mol. The molecule has 0 spiro atoms. The Balaban J connectivity index is 1.73.